The van der Waals surface area contributed by atoms with Crippen LogP contribution in [0.15, 0.2) is 12.1 Å². The average Bonchev–Trinajstić information content (AvgIpc) is 3.12. The van der Waals surface area contributed by atoms with Crippen LogP contribution in [0.2, 0.25) is 0 Å². The Bertz CT molecular complexity index is 484. The molecule has 0 amide bonds. The molecule has 0 N–H and O–H groups in total. The summed E-state index contributed by atoms with van der Waals surface area (Å²) in [6.07, 6.45) is 9.85. The number of aromatic nitrogens is 1. The first-order valence-corrected chi connectivity index (χ1v) is 9.21. The zero-order chi connectivity index (χ0) is 16.7. The van der Waals surface area contributed by atoms with Gasteiger partial charge in [-0.15, -0.1) is 0 Å². The minimum Gasteiger partial charge on any atom is -0.469 e. The summed E-state index contributed by atoms with van der Waals surface area (Å²) in [7, 11) is 1.50. The zero-order valence-electron chi connectivity index (χ0n) is 14.9. The summed E-state index contributed by atoms with van der Waals surface area (Å²) in [5, 5.41) is 0. The van der Waals surface area contributed by atoms with Crippen molar-refractivity contribution in [1.29, 1.82) is 0 Å². The smallest absolute Gasteiger partial charge is 0.305 e. The maximum atomic E-state index is 11.8. The Kier molecular flexibility index (Phi) is 7.07. The largest absolute Gasteiger partial charge is 0.469 e. The lowest BCUT2D eigenvalue weighted by Gasteiger charge is -2.22. The van der Waals surface area contributed by atoms with Gasteiger partial charge < -0.3 is 4.74 Å². The highest BCUT2D eigenvalue weighted by molar-refractivity contribution is 5.69. The molecule has 3 nitrogen and oxygen atoms in total. The molecule has 128 valence electrons. The fraction of sp³-hybridized carbons (Fsp3) is 0.700. The van der Waals surface area contributed by atoms with Gasteiger partial charge in [-0.3, -0.25) is 9.78 Å². The predicted molar refractivity (Wildman–Crippen MR) is 93.4 cm³/mol. The van der Waals surface area contributed by atoms with Crippen LogP contribution >= 0.6 is 0 Å². The van der Waals surface area contributed by atoms with E-state index < -0.39 is 0 Å². The number of aryl methyl sites for hydroxylation is 3. The number of hydrogen-bond acceptors (Lipinski definition) is 3. The maximum absolute atomic E-state index is 11.8. The van der Waals surface area contributed by atoms with E-state index in [0.717, 1.165) is 25.7 Å². The zero-order valence-corrected chi connectivity index (χ0v) is 14.9. The van der Waals surface area contributed by atoms with Crippen molar-refractivity contribution in [3.05, 3.63) is 29.1 Å². The fourth-order valence-electron chi connectivity index (χ4n) is 3.81. The summed E-state index contributed by atoms with van der Waals surface area (Å²) in [5.41, 5.74) is 3.75. The van der Waals surface area contributed by atoms with Gasteiger partial charge in [0.15, 0.2) is 0 Å². The molecule has 1 fully saturated rings. The summed E-state index contributed by atoms with van der Waals surface area (Å²) < 4.78 is 4.92. The van der Waals surface area contributed by atoms with Gasteiger partial charge in [0.2, 0.25) is 0 Å². The molecule has 1 atom stereocenters. The van der Waals surface area contributed by atoms with Gasteiger partial charge in [0.25, 0.3) is 0 Å². The molecule has 0 saturated heterocycles. The van der Waals surface area contributed by atoms with Crippen LogP contribution in [-0.2, 0) is 28.8 Å². The lowest BCUT2D eigenvalue weighted by Crippen LogP contribution is -2.18. The van der Waals surface area contributed by atoms with Gasteiger partial charge in [0.1, 0.15) is 0 Å². The number of rotatable bonds is 8. The molecule has 0 aliphatic heterocycles. The van der Waals surface area contributed by atoms with Gasteiger partial charge in [-0.25, -0.2) is 0 Å². The Labute approximate surface area is 140 Å². The van der Waals surface area contributed by atoms with Crippen LogP contribution in [0.3, 0.4) is 0 Å². The van der Waals surface area contributed by atoms with E-state index in [1.807, 2.05) is 0 Å². The molecule has 0 spiro atoms. The van der Waals surface area contributed by atoms with Crippen molar-refractivity contribution in [2.75, 3.05) is 7.11 Å². The number of pyridine rings is 1. The van der Waals surface area contributed by atoms with Gasteiger partial charge in [0.05, 0.1) is 7.11 Å². The molecule has 1 aliphatic rings. The van der Waals surface area contributed by atoms with Crippen molar-refractivity contribution in [1.82, 2.24) is 4.98 Å². The Morgan fingerprint density at radius 3 is 2.35 bits per heavy atom. The minimum absolute atomic E-state index is 0.0554. The van der Waals surface area contributed by atoms with Crippen LogP contribution in [0.1, 0.15) is 69.3 Å². The summed E-state index contributed by atoms with van der Waals surface area (Å²) >= 11 is 0. The lowest BCUT2D eigenvalue weighted by molar-refractivity contribution is -0.142. The molecule has 1 unspecified atom stereocenters. The molecule has 23 heavy (non-hydrogen) atoms. The molecule has 1 heterocycles. The van der Waals surface area contributed by atoms with Crippen molar-refractivity contribution >= 4 is 5.97 Å². The highest BCUT2D eigenvalue weighted by atomic mass is 16.5. The van der Waals surface area contributed by atoms with Gasteiger partial charge in [-0.05, 0) is 55.2 Å². The number of methoxy groups -OCH3 is 1. The van der Waals surface area contributed by atoms with Crippen LogP contribution in [-0.4, -0.2) is 18.1 Å². The predicted octanol–water partition coefficient (Wildman–Crippen LogP) is 4.51. The molecule has 1 aromatic heterocycles. The second-order valence-electron chi connectivity index (χ2n) is 6.79. The minimum atomic E-state index is -0.0554. The first-order valence-electron chi connectivity index (χ1n) is 9.21. The lowest BCUT2D eigenvalue weighted by atomic mass is 9.83. The molecular weight excluding hydrogens is 286 g/mol. The number of carbonyl (C=O) groups is 1. The number of nitrogens with zero attached hydrogens (tertiary/aromatic N) is 1. The third-order valence-corrected chi connectivity index (χ3v) is 5.24. The molecule has 1 aliphatic carbocycles. The van der Waals surface area contributed by atoms with Crippen molar-refractivity contribution in [2.45, 2.75) is 71.6 Å². The Balaban J connectivity index is 2.03. The first-order chi connectivity index (χ1) is 11.2. The third kappa shape index (κ3) is 5.33. The molecule has 0 bridgehead atoms. The van der Waals surface area contributed by atoms with Crippen LogP contribution in [0.25, 0.3) is 0 Å². The van der Waals surface area contributed by atoms with Crippen molar-refractivity contribution < 1.29 is 9.53 Å². The highest BCUT2D eigenvalue weighted by Gasteiger charge is 2.27. The fourth-order valence-corrected chi connectivity index (χ4v) is 3.81. The van der Waals surface area contributed by atoms with E-state index in [9.17, 15) is 4.79 Å². The van der Waals surface area contributed by atoms with Crippen LogP contribution in [0, 0.1) is 11.8 Å². The van der Waals surface area contributed by atoms with Crippen molar-refractivity contribution in [3.8, 4) is 0 Å². The van der Waals surface area contributed by atoms with E-state index in [1.54, 1.807) is 0 Å². The molecule has 0 radical (unpaired) electrons. The van der Waals surface area contributed by atoms with Crippen molar-refractivity contribution in [2.24, 2.45) is 11.8 Å². The van der Waals surface area contributed by atoms with Crippen LogP contribution in [0.5, 0.6) is 0 Å². The second kappa shape index (κ2) is 9.05. The van der Waals surface area contributed by atoms with E-state index in [4.69, 9.17) is 4.74 Å². The first kappa shape index (κ1) is 18.0. The number of carbonyl (C=O) groups excluding carboxylic acids is 1. The topological polar surface area (TPSA) is 39.2 Å². The van der Waals surface area contributed by atoms with Crippen LogP contribution in [0.4, 0.5) is 0 Å². The summed E-state index contributed by atoms with van der Waals surface area (Å²) in [5.74, 6) is 1.11. The van der Waals surface area contributed by atoms with Gasteiger partial charge in [-0.2, -0.15) is 0 Å². The normalized spacial score (nSPS) is 16.5. The quantitative estimate of drug-likeness (QED) is 0.662. The molecule has 2 rings (SSSR count). The number of ether oxygens (including phenoxy) is 1. The molecule has 1 saturated carbocycles. The highest BCUT2D eigenvalue weighted by Crippen LogP contribution is 2.35. The van der Waals surface area contributed by atoms with Gasteiger partial charge in [0, 0.05) is 17.8 Å². The Morgan fingerprint density at radius 1 is 1.22 bits per heavy atom. The van der Waals surface area contributed by atoms with Crippen molar-refractivity contribution in [3.63, 3.8) is 0 Å². The van der Waals surface area contributed by atoms with E-state index >= 15 is 0 Å². The standard InChI is InChI=1S/C20H31NO2/c1-4-18-12-15(13-19(5-2)21-18)10-11-17(14-20(22)23-3)16-8-6-7-9-16/h12-13,16-17H,4-11,14H2,1-3H3. The third-order valence-electron chi connectivity index (χ3n) is 5.24. The van der Waals surface area contributed by atoms with E-state index in [2.05, 4.69) is 31.0 Å². The van der Waals surface area contributed by atoms with Gasteiger partial charge in [-0.1, -0.05) is 39.5 Å². The number of hydrogen-bond donors (Lipinski definition) is 0. The summed E-state index contributed by atoms with van der Waals surface area (Å²) in [4.78, 5) is 16.4. The van der Waals surface area contributed by atoms with Gasteiger partial charge >= 0.3 is 5.97 Å². The summed E-state index contributed by atoms with van der Waals surface area (Å²) in [6, 6.07) is 4.48. The van der Waals surface area contributed by atoms with E-state index in [1.165, 1.54) is 49.7 Å². The van der Waals surface area contributed by atoms with Crippen LogP contribution < -0.4 is 0 Å². The molecule has 0 aromatic carbocycles. The maximum Gasteiger partial charge on any atom is 0.305 e. The molecular formula is C20H31NO2. The van der Waals surface area contributed by atoms with E-state index in [-0.39, 0.29) is 5.97 Å². The summed E-state index contributed by atoms with van der Waals surface area (Å²) in [6.45, 7) is 4.31. The average molecular weight is 317 g/mol. The molecule has 1 aromatic rings. The Morgan fingerprint density at radius 2 is 1.83 bits per heavy atom. The van der Waals surface area contributed by atoms with E-state index in [0.29, 0.717) is 18.3 Å². The molecule has 3 heteroatoms. The number of esters is 1. The Hall–Kier alpha value is -1.38. The second-order valence-corrected chi connectivity index (χ2v) is 6.79. The SMILES string of the molecule is CCc1cc(CCC(CC(=O)OC)C2CCCC2)cc(CC)n1. The monoisotopic (exact) mass is 317 g/mol.